The van der Waals surface area contributed by atoms with Gasteiger partial charge < -0.3 is 15.4 Å². The molecule has 1 aliphatic heterocycles. The standard InChI is InChI=1S/C21H23F2N3O3/c22-16-6-3-7-17(23)19(16)21(28)25-18-8-2-1-5-15(18)20(27)24-9-4-10-26-11-13-29-14-12-26/h1-3,5-8H,4,9-14H2,(H,24,27)(H,25,28). The number of nitrogens with zero attached hydrogens (tertiary/aromatic N) is 1. The second kappa shape index (κ2) is 10.1. The molecule has 8 heteroatoms. The number of rotatable bonds is 7. The molecule has 29 heavy (non-hydrogen) atoms. The summed E-state index contributed by atoms with van der Waals surface area (Å²) in [6, 6.07) is 9.53. The van der Waals surface area contributed by atoms with Crippen LogP contribution in [0.1, 0.15) is 27.1 Å². The highest BCUT2D eigenvalue weighted by Gasteiger charge is 2.19. The number of para-hydroxylation sites is 1. The molecule has 0 aliphatic carbocycles. The molecular formula is C21H23F2N3O3. The van der Waals surface area contributed by atoms with E-state index < -0.39 is 23.1 Å². The van der Waals surface area contributed by atoms with Crippen LogP contribution in [0, 0.1) is 11.6 Å². The molecule has 0 bridgehead atoms. The molecule has 1 heterocycles. The third kappa shape index (κ3) is 5.58. The van der Waals surface area contributed by atoms with Gasteiger partial charge in [0.15, 0.2) is 0 Å². The highest BCUT2D eigenvalue weighted by atomic mass is 19.1. The van der Waals surface area contributed by atoms with Crippen LogP contribution in [0.2, 0.25) is 0 Å². The molecule has 0 aromatic heterocycles. The number of halogens is 2. The number of carbonyl (C=O) groups is 2. The monoisotopic (exact) mass is 403 g/mol. The molecule has 154 valence electrons. The minimum Gasteiger partial charge on any atom is -0.379 e. The number of hydrogen-bond acceptors (Lipinski definition) is 4. The molecule has 6 nitrogen and oxygen atoms in total. The summed E-state index contributed by atoms with van der Waals surface area (Å²) in [4.78, 5) is 27.1. The van der Waals surface area contributed by atoms with Crippen molar-refractivity contribution >= 4 is 17.5 Å². The van der Waals surface area contributed by atoms with E-state index in [1.54, 1.807) is 18.2 Å². The van der Waals surface area contributed by atoms with E-state index in [0.29, 0.717) is 6.54 Å². The number of anilines is 1. The molecule has 2 aromatic carbocycles. The van der Waals surface area contributed by atoms with Crippen LogP contribution in [0.15, 0.2) is 42.5 Å². The minimum absolute atomic E-state index is 0.186. The Morgan fingerprint density at radius 1 is 0.966 bits per heavy atom. The first-order chi connectivity index (χ1) is 14.1. The zero-order valence-electron chi connectivity index (χ0n) is 15.9. The van der Waals surface area contributed by atoms with Gasteiger partial charge >= 0.3 is 0 Å². The summed E-state index contributed by atoms with van der Waals surface area (Å²) in [5.41, 5.74) is -0.275. The van der Waals surface area contributed by atoms with E-state index in [-0.39, 0.29) is 17.2 Å². The molecule has 0 saturated carbocycles. The number of amides is 2. The summed E-state index contributed by atoms with van der Waals surface area (Å²) < 4.78 is 33.0. The highest BCUT2D eigenvalue weighted by Crippen LogP contribution is 2.19. The molecule has 3 rings (SSSR count). The van der Waals surface area contributed by atoms with E-state index in [4.69, 9.17) is 4.74 Å². The van der Waals surface area contributed by atoms with Crippen LogP contribution >= 0.6 is 0 Å². The highest BCUT2D eigenvalue weighted by molar-refractivity contribution is 6.09. The second-order valence-corrected chi connectivity index (χ2v) is 6.66. The van der Waals surface area contributed by atoms with Gasteiger partial charge in [-0.25, -0.2) is 8.78 Å². The lowest BCUT2D eigenvalue weighted by atomic mass is 10.1. The quantitative estimate of drug-likeness (QED) is 0.698. The van der Waals surface area contributed by atoms with Gasteiger partial charge in [-0.1, -0.05) is 18.2 Å². The fourth-order valence-electron chi connectivity index (χ4n) is 3.11. The number of morpholine rings is 1. The first-order valence-corrected chi connectivity index (χ1v) is 9.49. The Kier molecular flexibility index (Phi) is 7.26. The molecule has 0 spiro atoms. The molecular weight excluding hydrogens is 380 g/mol. The number of hydrogen-bond donors (Lipinski definition) is 2. The average Bonchev–Trinajstić information content (AvgIpc) is 2.72. The summed E-state index contributed by atoms with van der Waals surface area (Å²) in [6.45, 7) is 4.55. The minimum atomic E-state index is -0.965. The van der Waals surface area contributed by atoms with Crippen molar-refractivity contribution in [2.45, 2.75) is 6.42 Å². The van der Waals surface area contributed by atoms with E-state index in [0.717, 1.165) is 51.4 Å². The van der Waals surface area contributed by atoms with Crippen molar-refractivity contribution in [1.29, 1.82) is 0 Å². The maximum Gasteiger partial charge on any atom is 0.261 e. The molecule has 2 aromatic rings. The van der Waals surface area contributed by atoms with Gasteiger partial charge in [0, 0.05) is 19.6 Å². The zero-order valence-corrected chi connectivity index (χ0v) is 15.9. The number of carbonyl (C=O) groups excluding carboxylic acids is 2. The van der Waals surface area contributed by atoms with E-state index in [1.165, 1.54) is 12.1 Å². The number of nitrogens with one attached hydrogen (secondary N) is 2. The molecule has 0 atom stereocenters. The van der Waals surface area contributed by atoms with E-state index in [2.05, 4.69) is 15.5 Å². The second-order valence-electron chi connectivity index (χ2n) is 6.66. The third-order valence-corrected chi connectivity index (χ3v) is 4.65. The first kappa shape index (κ1) is 20.9. The summed E-state index contributed by atoms with van der Waals surface area (Å²) in [6.07, 6.45) is 0.778. The van der Waals surface area contributed by atoms with Gasteiger partial charge in [-0.05, 0) is 37.2 Å². The van der Waals surface area contributed by atoms with E-state index >= 15 is 0 Å². The Morgan fingerprint density at radius 2 is 1.66 bits per heavy atom. The molecule has 0 unspecified atom stereocenters. The van der Waals surface area contributed by atoms with E-state index in [9.17, 15) is 18.4 Å². The topological polar surface area (TPSA) is 70.7 Å². The zero-order chi connectivity index (χ0) is 20.6. The fourth-order valence-corrected chi connectivity index (χ4v) is 3.11. The van der Waals surface area contributed by atoms with Gasteiger partial charge in [-0.2, -0.15) is 0 Å². The molecule has 1 aliphatic rings. The predicted molar refractivity (Wildman–Crippen MR) is 105 cm³/mol. The Hall–Kier alpha value is -2.84. The number of benzene rings is 2. The van der Waals surface area contributed by atoms with Crippen LogP contribution < -0.4 is 10.6 Å². The van der Waals surface area contributed by atoms with Crippen molar-refractivity contribution in [1.82, 2.24) is 10.2 Å². The van der Waals surface area contributed by atoms with Crippen molar-refractivity contribution in [3.63, 3.8) is 0 Å². The largest absolute Gasteiger partial charge is 0.379 e. The predicted octanol–water partition coefficient (Wildman–Crippen LogP) is 2.67. The molecule has 1 fully saturated rings. The molecule has 1 saturated heterocycles. The smallest absolute Gasteiger partial charge is 0.261 e. The van der Waals surface area contributed by atoms with Crippen LogP contribution in [0.3, 0.4) is 0 Å². The third-order valence-electron chi connectivity index (χ3n) is 4.65. The number of ether oxygens (including phenoxy) is 1. The van der Waals surface area contributed by atoms with Gasteiger partial charge in [0.25, 0.3) is 11.8 Å². The SMILES string of the molecule is O=C(NCCCN1CCOCC1)c1ccccc1NC(=O)c1c(F)cccc1F. The Balaban J connectivity index is 1.59. The van der Waals surface area contributed by atoms with Crippen molar-refractivity contribution < 1.29 is 23.1 Å². The van der Waals surface area contributed by atoms with Crippen LogP contribution in [0.4, 0.5) is 14.5 Å². The van der Waals surface area contributed by atoms with Crippen molar-refractivity contribution in [2.24, 2.45) is 0 Å². The van der Waals surface area contributed by atoms with Crippen LogP contribution in [-0.2, 0) is 4.74 Å². The van der Waals surface area contributed by atoms with Crippen LogP contribution in [0.25, 0.3) is 0 Å². The van der Waals surface area contributed by atoms with E-state index in [1.807, 2.05) is 0 Å². The van der Waals surface area contributed by atoms with Gasteiger partial charge in [0.05, 0.1) is 24.5 Å². The molecule has 2 amide bonds. The van der Waals surface area contributed by atoms with Crippen molar-refractivity contribution in [3.05, 3.63) is 65.2 Å². The maximum absolute atomic E-state index is 13.8. The fraction of sp³-hybridized carbons (Fsp3) is 0.333. The summed E-state index contributed by atoms with van der Waals surface area (Å²) >= 11 is 0. The average molecular weight is 403 g/mol. The maximum atomic E-state index is 13.8. The molecule has 0 radical (unpaired) electrons. The summed E-state index contributed by atoms with van der Waals surface area (Å²) in [5, 5.41) is 5.25. The molecule has 2 N–H and O–H groups in total. The Morgan fingerprint density at radius 3 is 2.38 bits per heavy atom. The normalized spacial score (nSPS) is 14.4. The van der Waals surface area contributed by atoms with Crippen molar-refractivity contribution in [2.75, 3.05) is 44.7 Å². The van der Waals surface area contributed by atoms with Crippen LogP contribution in [-0.4, -0.2) is 56.1 Å². The van der Waals surface area contributed by atoms with Gasteiger partial charge in [-0.3, -0.25) is 14.5 Å². The van der Waals surface area contributed by atoms with Gasteiger partial charge in [0.1, 0.15) is 17.2 Å². The summed E-state index contributed by atoms with van der Waals surface area (Å²) in [5.74, 6) is -3.25. The van der Waals surface area contributed by atoms with Crippen molar-refractivity contribution in [3.8, 4) is 0 Å². The Labute approximate surface area is 167 Å². The van der Waals surface area contributed by atoms with Gasteiger partial charge in [0.2, 0.25) is 0 Å². The van der Waals surface area contributed by atoms with Crippen LogP contribution in [0.5, 0.6) is 0 Å². The lowest BCUT2D eigenvalue weighted by molar-refractivity contribution is 0.0374. The lowest BCUT2D eigenvalue weighted by Gasteiger charge is -2.26. The van der Waals surface area contributed by atoms with Gasteiger partial charge in [-0.15, -0.1) is 0 Å². The first-order valence-electron chi connectivity index (χ1n) is 9.49. The summed E-state index contributed by atoms with van der Waals surface area (Å²) in [7, 11) is 0. The lowest BCUT2D eigenvalue weighted by Crippen LogP contribution is -2.38. The Bertz CT molecular complexity index is 850.